The van der Waals surface area contributed by atoms with Gasteiger partial charge in [-0.2, -0.15) is 0 Å². The molecule has 0 aromatic heterocycles. The van der Waals surface area contributed by atoms with E-state index in [0.29, 0.717) is 24.5 Å². The van der Waals surface area contributed by atoms with Crippen LogP contribution in [0.5, 0.6) is 5.75 Å². The van der Waals surface area contributed by atoms with E-state index in [0.717, 1.165) is 6.21 Å². The van der Waals surface area contributed by atoms with Gasteiger partial charge in [0.15, 0.2) is 0 Å². The quantitative estimate of drug-likeness (QED) is 0.336. The van der Waals surface area contributed by atoms with Gasteiger partial charge in [0.1, 0.15) is 24.6 Å². The van der Waals surface area contributed by atoms with E-state index in [2.05, 4.69) is 4.74 Å². The molecule has 0 fully saturated rings. The van der Waals surface area contributed by atoms with Crippen LogP contribution in [-0.4, -0.2) is 44.4 Å². The number of methoxy groups -OCH3 is 1. The molecule has 0 amide bonds. The van der Waals surface area contributed by atoms with E-state index in [9.17, 15) is 9.59 Å². The second-order valence-electron chi connectivity index (χ2n) is 5.19. The monoisotopic (exact) mass is 339 g/mol. The fraction of sp³-hybridized carbons (Fsp3) is 0.438. The van der Waals surface area contributed by atoms with Gasteiger partial charge in [-0.3, -0.25) is 0 Å². The van der Waals surface area contributed by atoms with E-state index in [-0.39, 0.29) is 6.61 Å². The third kappa shape index (κ3) is 7.10. The molecule has 8 nitrogen and oxygen atoms in total. The van der Waals surface area contributed by atoms with Crippen molar-refractivity contribution in [3.8, 4) is 5.75 Å². The summed E-state index contributed by atoms with van der Waals surface area (Å²) >= 11 is 0. The van der Waals surface area contributed by atoms with Crippen LogP contribution in [0.3, 0.4) is 0 Å². The molecule has 132 valence electrons. The zero-order valence-electron chi connectivity index (χ0n) is 13.9. The average Bonchev–Trinajstić information content (AvgIpc) is 2.53. The summed E-state index contributed by atoms with van der Waals surface area (Å²) in [5.74, 6) is 0.537. The van der Waals surface area contributed by atoms with Crippen molar-refractivity contribution in [3.05, 3.63) is 29.8 Å². The van der Waals surface area contributed by atoms with Crippen LogP contribution in [0.1, 0.15) is 19.4 Å². The topological polar surface area (TPSA) is 104 Å². The number of carbonyl (C=O) groups excluding carboxylic acids is 2. The summed E-state index contributed by atoms with van der Waals surface area (Å²) in [6.07, 6.45) is -1.53. The van der Waals surface area contributed by atoms with Gasteiger partial charge in [0.2, 0.25) is 0 Å². The molecule has 0 spiro atoms. The Hall–Kier alpha value is -2.61. The Bertz CT molecular complexity index is 571. The number of hydrogen-bond acceptors (Lipinski definition) is 8. The first-order valence-corrected chi connectivity index (χ1v) is 7.17. The fourth-order valence-corrected chi connectivity index (χ4v) is 1.50. The lowest BCUT2D eigenvalue weighted by Crippen LogP contribution is -2.30. The molecule has 0 heterocycles. The second-order valence-corrected chi connectivity index (χ2v) is 5.19. The highest BCUT2D eigenvalue weighted by atomic mass is 16.8. The molecule has 1 aromatic rings. The minimum absolute atomic E-state index is 0.136. The number of ether oxygens (including phenoxy) is 5. The number of carbonyl (C=O) groups is 2. The maximum Gasteiger partial charge on any atom is 0.519 e. The van der Waals surface area contributed by atoms with Crippen molar-refractivity contribution >= 4 is 18.5 Å². The lowest BCUT2D eigenvalue weighted by molar-refractivity contribution is 0.00811. The van der Waals surface area contributed by atoms with Crippen LogP contribution in [0.4, 0.5) is 9.59 Å². The highest BCUT2D eigenvalue weighted by Crippen LogP contribution is 2.19. The number of benzene rings is 1. The van der Waals surface area contributed by atoms with Crippen molar-refractivity contribution in [2.45, 2.75) is 26.1 Å². The molecule has 0 unspecified atom stereocenters. The second kappa shape index (κ2) is 9.51. The van der Waals surface area contributed by atoms with Gasteiger partial charge >= 0.3 is 12.3 Å². The summed E-state index contributed by atoms with van der Waals surface area (Å²) in [6, 6.07) is 6.97. The van der Waals surface area contributed by atoms with Crippen LogP contribution in [0.25, 0.3) is 0 Å². The molecular formula is C16H21NO7. The molecule has 1 rings (SSSR count). The molecule has 0 saturated carbocycles. The molecule has 0 saturated heterocycles. The third-order valence-electron chi connectivity index (χ3n) is 2.72. The van der Waals surface area contributed by atoms with E-state index in [1.165, 1.54) is 13.8 Å². The Kier molecular flexibility index (Phi) is 7.70. The Labute approximate surface area is 140 Å². The zero-order valence-corrected chi connectivity index (χ0v) is 13.9. The zero-order chi connectivity index (χ0) is 18.0. The number of nitrogens with one attached hydrogen (secondary N) is 1. The van der Waals surface area contributed by atoms with Crippen LogP contribution in [0.2, 0.25) is 0 Å². The van der Waals surface area contributed by atoms with Gasteiger partial charge < -0.3 is 29.1 Å². The van der Waals surface area contributed by atoms with Crippen molar-refractivity contribution < 1.29 is 33.3 Å². The SMILES string of the molecule is COCCOc1ccccc1COC(=O)OC(=O)OC(C)(C)C=N. The summed E-state index contributed by atoms with van der Waals surface area (Å²) in [5.41, 5.74) is -0.558. The molecule has 0 atom stereocenters. The van der Waals surface area contributed by atoms with Gasteiger partial charge in [-0.05, 0) is 19.9 Å². The minimum atomic E-state index is -1.24. The first-order valence-electron chi connectivity index (χ1n) is 7.17. The molecule has 24 heavy (non-hydrogen) atoms. The minimum Gasteiger partial charge on any atom is -0.491 e. The summed E-state index contributed by atoms with van der Waals surface area (Å²) < 4.78 is 24.4. The Morgan fingerprint density at radius 2 is 1.88 bits per heavy atom. The van der Waals surface area contributed by atoms with Crippen LogP contribution in [-0.2, 0) is 25.6 Å². The largest absolute Gasteiger partial charge is 0.519 e. The first kappa shape index (κ1) is 19.4. The molecule has 8 heteroatoms. The summed E-state index contributed by atoms with van der Waals surface area (Å²) in [7, 11) is 1.56. The van der Waals surface area contributed by atoms with Gasteiger partial charge in [-0.25, -0.2) is 9.59 Å². The van der Waals surface area contributed by atoms with Gasteiger partial charge in [-0.15, -0.1) is 0 Å². The molecule has 0 aliphatic heterocycles. The third-order valence-corrected chi connectivity index (χ3v) is 2.72. The van der Waals surface area contributed by atoms with Crippen molar-refractivity contribution in [2.24, 2.45) is 0 Å². The Balaban J connectivity index is 2.49. The van der Waals surface area contributed by atoms with E-state index in [1.54, 1.807) is 31.4 Å². The predicted molar refractivity (Wildman–Crippen MR) is 84.4 cm³/mol. The summed E-state index contributed by atoms with van der Waals surface area (Å²) in [5, 5.41) is 7.07. The van der Waals surface area contributed by atoms with E-state index >= 15 is 0 Å². The van der Waals surface area contributed by atoms with Gasteiger partial charge in [0.05, 0.1) is 6.61 Å². The maximum absolute atomic E-state index is 11.5. The van der Waals surface area contributed by atoms with Crippen LogP contribution in [0, 0.1) is 5.41 Å². The highest BCUT2D eigenvalue weighted by molar-refractivity contribution is 5.79. The molecule has 0 bridgehead atoms. The lowest BCUT2D eigenvalue weighted by Gasteiger charge is -2.18. The average molecular weight is 339 g/mol. The van der Waals surface area contributed by atoms with Crippen molar-refractivity contribution in [2.75, 3.05) is 20.3 Å². The fourth-order valence-electron chi connectivity index (χ4n) is 1.50. The van der Waals surface area contributed by atoms with Crippen molar-refractivity contribution in [1.29, 1.82) is 5.41 Å². The molecule has 1 N–H and O–H groups in total. The normalized spacial score (nSPS) is 10.6. The molecule has 1 aromatic carbocycles. The lowest BCUT2D eigenvalue weighted by atomic mass is 10.2. The smallest absolute Gasteiger partial charge is 0.491 e. The molecule has 0 aliphatic carbocycles. The van der Waals surface area contributed by atoms with Crippen molar-refractivity contribution in [1.82, 2.24) is 0 Å². The Morgan fingerprint density at radius 3 is 2.54 bits per heavy atom. The number of para-hydroxylation sites is 1. The maximum atomic E-state index is 11.5. The van der Waals surface area contributed by atoms with Crippen LogP contribution < -0.4 is 4.74 Å². The van der Waals surface area contributed by atoms with Gasteiger partial charge in [0.25, 0.3) is 0 Å². The van der Waals surface area contributed by atoms with Crippen LogP contribution in [0.15, 0.2) is 24.3 Å². The standard InChI is InChI=1S/C16H21NO7/c1-16(2,11-17)24-15(19)23-14(18)22-10-12-6-4-5-7-13(12)21-9-8-20-3/h4-7,11,17H,8-10H2,1-3H3. The number of rotatable bonds is 8. The Morgan fingerprint density at radius 1 is 1.17 bits per heavy atom. The molecular weight excluding hydrogens is 318 g/mol. The van der Waals surface area contributed by atoms with E-state index in [4.69, 9.17) is 24.4 Å². The first-order chi connectivity index (χ1) is 11.4. The number of hydrogen-bond donors (Lipinski definition) is 1. The van der Waals surface area contributed by atoms with Gasteiger partial charge in [-0.1, -0.05) is 18.2 Å². The molecule has 0 aliphatic rings. The molecule has 0 radical (unpaired) electrons. The highest BCUT2D eigenvalue weighted by Gasteiger charge is 2.23. The van der Waals surface area contributed by atoms with Crippen molar-refractivity contribution in [3.63, 3.8) is 0 Å². The van der Waals surface area contributed by atoms with Crippen LogP contribution >= 0.6 is 0 Å². The van der Waals surface area contributed by atoms with Gasteiger partial charge in [0, 0.05) is 18.9 Å². The van der Waals surface area contributed by atoms with E-state index in [1.807, 2.05) is 0 Å². The summed E-state index contributed by atoms with van der Waals surface area (Å²) in [4.78, 5) is 22.9. The van der Waals surface area contributed by atoms with E-state index < -0.39 is 17.9 Å². The summed E-state index contributed by atoms with van der Waals surface area (Å²) in [6.45, 7) is 3.58. The predicted octanol–water partition coefficient (Wildman–Crippen LogP) is 2.93.